The van der Waals surface area contributed by atoms with Crippen molar-refractivity contribution in [3.8, 4) is 11.5 Å². The molecular weight excluding hydrogens is 230 g/mol. The van der Waals surface area contributed by atoms with Crippen LogP contribution in [0.25, 0.3) is 0 Å². The molecule has 18 heavy (non-hydrogen) atoms. The van der Waals surface area contributed by atoms with Crippen LogP contribution in [0.15, 0.2) is 18.2 Å². The van der Waals surface area contributed by atoms with Crippen molar-refractivity contribution >= 4 is 0 Å². The fraction of sp³-hybridized carbons (Fsp3) is 0.571. The minimum absolute atomic E-state index is 0.234. The lowest BCUT2D eigenvalue weighted by Crippen LogP contribution is -2.31. The first kappa shape index (κ1) is 13.2. The molecule has 1 aromatic carbocycles. The maximum absolute atomic E-state index is 5.42. The Hall–Kier alpha value is -1.26. The van der Waals surface area contributed by atoms with E-state index < -0.39 is 0 Å². The molecule has 2 rings (SSSR count). The Morgan fingerprint density at radius 1 is 1.33 bits per heavy atom. The number of rotatable bonds is 5. The van der Waals surface area contributed by atoms with Crippen molar-refractivity contribution in [3.05, 3.63) is 23.8 Å². The summed E-state index contributed by atoms with van der Waals surface area (Å²) in [6, 6.07) is 6.59. The molecule has 0 amide bonds. The third-order valence-corrected chi connectivity index (χ3v) is 3.32. The molecule has 1 saturated heterocycles. The smallest absolute Gasteiger partial charge is 0.127 e. The zero-order valence-electron chi connectivity index (χ0n) is 11.2. The van der Waals surface area contributed by atoms with Gasteiger partial charge in [-0.15, -0.1) is 0 Å². The Morgan fingerprint density at radius 2 is 2.17 bits per heavy atom. The van der Waals surface area contributed by atoms with Crippen molar-refractivity contribution in [1.82, 2.24) is 5.32 Å². The highest BCUT2D eigenvalue weighted by Gasteiger charge is 2.20. The Kier molecular flexibility index (Phi) is 4.44. The molecule has 4 nitrogen and oxygen atoms in total. The van der Waals surface area contributed by atoms with Crippen LogP contribution in [0.1, 0.15) is 24.9 Å². The lowest BCUT2D eigenvalue weighted by molar-refractivity contribution is 0.188. The van der Waals surface area contributed by atoms with Crippen LogP contribution in [0.2, 0.25) is 0 Å². The van der Waals surface area contributed by atoms with Gasteiger partial charge in [-0.2, -0.15) is 0 Å². The molecule has 1 aliphatic heterocycles. The minimum Gasteiger partial charge on any atom is -0.497 e. The average Bonchev–Trinajstić information content (AvgIpc) is 2.90. The zero-order chi connectivity index (χ0) is 13.0. The van der Waals surface area contributed by atoms with E-state index in [1.165, 1.54) is 0 Å². The predicted molar refractivity (Wildman–Crippen MR) is 70.3 cm³/mol. The maximum Gasteiger partial charge on any atom is 0.127 e. The van der Waals surface area contributed by atoms with Gasteiger partial charge in [0.05, 0.1) is 20.8 Å². The molecule has 1 heterocycles. The van der Waals surface area contributed by atoms with Crippen molar-refractivity contribution in [2.24, 2.45) is 0 Å². The molecule has 0 saturated carbocycles. The predicted octanol–water partition coefficient (Wildman–Crippen LogP) is 2.14. The van der Waals surface area contributed by atoms with E-state index in [4.69, 9.17) is 14.2 Å². The van der Waals surface area contributed by atoms with Crippen LogP contribution >= 0.6 is 0 Å². The Labute approximate surface area is 108 Å². The van der Waals surface area contributed by atoms with E-state index in [1.807, 2.05) is 18.2 Å². The summed E-state index contributed by atoms with van der Waals surface area (Å²) in [6.45, 7) is 3.79. The van der Waals surface area contributed by atoms with Gasteiger partial charge < -0.3 is 19.5 Å². The van der Waals surface area contributed by atoms with Crippen molar-refractivity contribution in [2.75, 3.05) is 27.4 Å². The summed E-state index contributed by atoms with van der Waals surface area (Å²) in [6.07, 6.45) is 1.07. The van der Waals surface area contributed by atoms with E-state index in [0.29, 0.717) is 6.04 Å². The summed E-state index contributed by atoms with van der Waals surface area (Å²) in [5.74, 6) is 1.67. The van der Waals surface area contributed by atoms with Crippen LogP contribution in [-0.4, -0.2) is 33.5 Å². The molecule has 2 atom stereocenters. The highest BCUT2D eigenvalue weighted by Crippen LogP contribution is 2.29. The molecule has 1 N–H and O–H groups in total. The van der Waals surface area contributed by atoms with Crippen LogP contribution in [0.3, 0.4) is 0 Å². The normalized spacial score (nSPS) is 20.7. The van der Waals surface area contributed by atoms with Crippen molar-refractivity contribution < 1.29 is 14.2 Å². The lowest BCUT2D eigenvalue weighted by Gasteiger charge is -2.21. The molecule has 1 aromatic rings. The standard InChI is InChI=1S/C14H21NO3/c1-10(15-11-6-7-18-9-11)13-5-4-12(16-2)8-14(13)17-3/h4-5,8,10-11,15H,6-7,9H2,1-3H3/t10-,11-/m0/s1. The van der Waals surface area contributed by atoms with Gasteiger partial charge in [0.15, 0.2) is 0 Å². The molecule has 0 unspecified atom stereocenters. The molecule has 0 spiro atoms. The second kappa shape index (κ2) is 6.07. The van der Waals surface area contributed by atoms with Gasteiger partial charge in [0, 0.05) is 30.3 Å². The Bertz CT molecular complexity index is 389. The van der Waals surface area contributed by atoms with E-state index in [1.54, 1.807) is 14.2 Å². The van der Waals surface area contributed by atoms with E-state index in [9.17, 15) is 0 Å². The van der Waals surface area contributed by atoms with Crippen LogP contribution in [-0.2, 0) is 4.74 Å². The highest BCUT2D eigenvalue weighted by atomic mass is 16.5. The highest BCUT2D eigenvalue weighted by molar-refractivity contribution is 5.42. The summed E-state index contributed by atoms with van der Waals surface area (Å²) >= 11 is 0. The zero-order valence-corrected chi connectivity index (χ0v) is 11.2. The van der Waals surface area contributed by atoms with Gasteiger partial charge in [0.2, 0.25) is 0 Å². The average molecular weight is 251 g/mol. The summed E-state index contributed by atoms with van der Waals surface area (Å²) in [7, 11) is 3.34. The third-order valence-electron chi connectivity index (χ3n) is 3.32. The van der Waals surface area contributed by atoms with Crippen LogP contribution in [0.5, 0.6) is 11.5 Å². The van der Waals surface area contributed by atoms with E-state index >= 15 is 0 Å². The fourth-order valence-electron chi connectivity index (χ4n) is 2.29. The fourth-order valence-corrected chi connectivity index (χ4v) is 2.29. The molecule has 0 bridgehead atoms. The topological polar surface area (TPSA) is 39.7 Å². The minimum atomic E-state index is 0.234. The number of ether oxygens (including phenoxy) is 3. The number of nitrogens with one attached hydrogen (secondary N) is 1. The first-order chi connectivity index (χ1) is 8.74. The number of hydrogen-bond acceptors (Lipinski definition) is 4. The van der Waals surface area contributed by atoms with Gasteiger partial charge in [-0.3, -0.25) is 0 Å². The van der Waals surface area contributed by atoms with Gasteiger partial charge in [0.1, 0.15) is 11.5 Å². The molecule has 1 fully saturated rings. The monoisotopic (exact) mass is 251 g/mol. The molecule has 1 aliphatic rings. The van der Waals surface area contributed by atoms with Gasteiger partial charge in [0.25, 0.3) is 0 Å². The number of benzene rings is 1. The molecule has 0 aromatic heterocycles. The second-order valence-corrected chi connectivity index (χ2v) is 4.56. The summed E-state index contributed by atoms with van der Waals surface area (Å²) in [5.41, 5.74) is 1.14. The quantitative estimate of drug-likeness (QED) is 0.870. The van der Waals surface area contributed by atoms with Gasteiger partial charge in [-0.25, -0.2) is 0 Å². The lowest BCUT2D eigenvalue weighted by atomic mass is 10.1. The molecule has 0 radical (unpaired) electrons. The van der Waals surface area contributed by atoms with Crippen LogP contribution in [0.4, 0.5) is 0 Å². The Balaban J connectivity index is 2.10. The third kappa shape index (κ3) is 2.94. The van der Waals surface area contributed by atoms with E-state index in [-0.39, 0.29) is 6.04 Å². The SMILES string of the molecule is COc1ccc([C@H](C)N[C@H]2CCOC2)c(OC)c1. The van der Waals surface area contributed by atoms with Crippen LogP contribution in [0, 0.1) is 0 Å². The van der Waals surface area contributed by atoms with Gasteiger partial charge in [-0.05, 0) is 19.4 Å². The van der Waals surface area contributed by atoms with Gasteiger partial charge in [-0.1, -0.05) is 6.07 Å². The van der Waals surface area contributed by atoms with E-state index in [0.717, 1.165) is 36.7 Å². The molecule has 100 valence electrons. The maximum atomic E-state index is 5.42. The van der Waals surface area contributed by atoms with Crippen LogP contribution < -0.4 is 14.8 Å². The number of hydrogen-bond donors (Lipinski definition) is 1. The molecule has 4 heteroatoms. The van der Waals surface area contributed by atoms with E-state index in [2.05, 4.69) is 12.2 Å². The van der Waals surface area contributed by atoms with Gasteiger partial charge >= 0.3 is 0 Å². The molecular formula is C14H21NO3. The van der Waals surface area contributed by atoms with Crippen molar-refractivity contribution in [2.45, 2.75) is 25.4 Å². The largest absolute Gasteiger partial charge is 0.497 e. The van der Waals surface area contributed by atoms with Crippen molar-refractivity contribution in [3.63, 3.8) is 0 Å². The summed E-state index contributed by atoms with van der Waals surface area (Å²) in [4.78, 5) is 0. The Morgan fingerprint density at radius 3 is 2.78 bits per heavy atom. The first-order valence-electron chi connectivity index (χ1n) is 6.30. The summed E-state index contributed by atoms with van der Waals surface area (Å²) in [5, 5.41) is 3.56. The molecule has 0 aliphatic carbocycles. The summed E-state index contributed by atoms with van der Waals surface area (Å²) < 4.78 is 16.0. The first-order valence-corrected chi connectivity index (χ1v) is 6.30. The van der Waals surface area contributed by atoms with Crippen molar-refractivity contribution in [1.29, 1.82) is 0 Å². The number of methoxy groups -OCH3 is 2. The second-order valence-electron chi connectivity index (χ2n) is 4.56.